The summed E-state index contributed by atoms with van der Waals surface area (Å²) < 4.78 is 5.79. The molecule has 2 aromatic rings. The number of carbonyl (C=O) groups excluding carboxylic acids is 2. The highest BCUT2D eigenvalue weighted by Gasteiger charge is 2.30. The largest absolute Gasteiger partial charge is 0.444 e. The molecule has 150 valence electrons. The van der Waals surface area contributed by atoms with E-state index in [4.69, 9.17) is 4.42 Å². The van der Waals surface area contributed by atoms with Crippen molar-refractivity contribution in [1.29, 1.82) is 0 Å². The molecule has 1 atom stereocenters. The standard InChI is InChI=1S/C20H25BrN4O3/c1-14(2)13-15(23-19(26)16-6-7-17(21)28-16)20(27)25-11-9-24(10-12-25)18-5-3-4-8-22-18/h3-8,14-15H,9-13H2,1-2H3,(H,23,26)/t15-/m0/s1. The first-order valence-corrected chi connectivity index (χ1v) is 10.2. The Hall–Kier alpha value is -2.35. The highest BCUT2D eigenvalue weighted by molar-refractivity contribution is 9.10. The zero-order chi connectivity index (χ0) is 20.1. The third-order valence-electron chi connectivity index (χ3n) is 4.67. The van der Waals surface area contributed by atoms with Crippen LogP contribution in [0.4, 0.5) is 5.82 Å². The molecule has 3 rings (SSSR count). The molecular weight excluding hydrogens is 424 g/mol. The second-order valence-corrected chi connectivity index (χ2v) is 8.04. The molecule has 1 aliphatic rings. The number of amides is 2. The zero-order valence-corrected chi connectivity index (χ0v) is 17.7. The number of nitrogens with zero attached hydrogens (tertiary/aromatic N) is 3. The highest BCUT2D eigenvalue weighted by atomic mass is 79.9. The number of hydrogen-bond donors (Lipinski definition) is 1. The molecule has 0 spiro atoms. The maximum absolute atomic E-state index is 13.1. The van der Waals surface area contributed by atoms with Crippen LogP contribution in [-0.4, -0.2) is 53.9 Å². The third-order valence-corrected chi connectivity index (χ3v) is 5.10. The molecule has 8 heteroatoms. The molecule has 7 nitrogen and oxygen atoms in total. The van der Waals surface area contributed by atoms with E-state index in [1.165, 1.54) is 0 Å². The number of carbonyl (C=O) groups is 2. The Labute approximate surface area is 173 Å². The summed E-state index contributed by atoms with van der Waals surface area (Å²) in [5.41, 5.74) is 0. The molecule has 0 radical (unpaired) electrons. The van der Waals surface area contributed by atoms with E-state index in [2.05, 4.69) is 31.1 Å². The van der Waals surface area contributed by atoms with Gasteiger partial charge in [0.2, 0.25) is 5.91 Å². The number of rotatable bonds is 6. The number of piperazine rings is 1. The van der Waals surface area contributed by atoms with Crippen LogP contribution in [0.2, 0.25) is 0 Å². The van der Waals surface area contributed by atoms with E-state index in [9.17, 15) is 9.59 Å². The molecule has 2 aromatic heterocycles. The number of aromatic nitrogens is 1. The molecule has 1 N–H and O–H groups in total. The molecule has 28 heavy (non-hydrogen) atoms. The van der Waals surface area contributed by atoms with Gasteiger partial charge < -0.3 is 19.5 Å². The van der Waals surface area contributed by atoms with Crippen molar-refractivity contribution in [2.75, 3.05) is 31.1 Å². The quantitative estimate of drug-likeness (QED) is 0.734. The fourth-order valence-electron chi connectivity index (χ4n) is 3.28. The first-order valence-electron chi connectivity index (χ1n) is 9.45. The lowest BCUT2D eigenvalue weighted by molar-refractivity contribution is -0.134. The molecule has 0 unspecified atom stereocenters. The van der Waals surface area contributed by atoms with Crippen LogP contribution in [0.3, 0.4) is 0 Å². The van der Waals surface area contributed by atoms with Gasteiger partial charge in [-0.1, -0.05) is 19.9 Å². The molecule has 0 bridgehead atoms. The van der Waals surface area contributed by atoms with Crippen LogP contribution in [-0.2, 0) is 4.79 Å². The first kappa shape index (κ1) is 20.4. The minimum absolute atomic E-state index is 0.0478. The summed E-state index contributed by atoms with van der Waals surface area (Å²) in [6.45, 7) is 6.72. The van der Waals surface area contributed by atoms with Gasteiger partial charge in [0.1, 0.15) is 11.9 Å². The molecule has 0 saturated carbocycles. The SMILES string of the molecule is CC(C)C[C@H](NC(=O)c1ccc(Br)o1)C(=O)N1CCN(c2ccccn2)CC1. The first-order chi connectivity index (χ1) is 13.4. The number of nitrogens with one attached hydrogen (secondary N) is 1. The topological polar surface area (TPSA) is 78.7 Å². The number of pyridine rings is 1. The van der Waals surface area contributed by atoms with Gasteiger partial charge in [0, 0.05) is 32.4 Å². The summed E-state index contributed by atoms with van der Waals surface area (Å²) in [6, 6.07) is 8.49. The predicted molar refractivity (Wildman–Crippen MR) is 110 cm³/mol. The van der Waals surface area contributed by atoms with Gasteiger partial charge in [-0.2, -0.15) is 0 Å². The summed E-state index contributed by atoms with van der Waals surface area (Å²) in [5, 5.41) is 2.85. The van der Waals surface area contributed by atoms with Crippen LogP contribution in [0.1, 0.15) is 30.8 Å². The van der Waals surface area contributed by atoms with Crippen molar-refractivity contribution in [3.05, 3.63) is 47.0 Å². The minimum Gasteiger partial charge on any atom is -0.444 e. The average Bonchev–Trinajstić information content (AvgIpc) is 3.14. The Bertz CT molecular complexity index is 801. The van der Waals surface area contributed by atoms with Crippen molar-refractivity contribution in [2.45, 2.75) is 26.3 Å². The second-order valence-electron chi connectivity index (χ2n) is 7.26. The lowest BCUT2D eigenvalue weighted by Gasteiger charge is -2.37. The fourth-order valence-corrected chi connectivity index (χ4v) is 3.58. The minimum atomic E-state index is -0.572. The van der Waals surface area contributed by atoms with E-state index >= 15 is 0 Å². The van der Waals surface area contributed by atoms with Crippen LogP contribution in [0.5, 0.6) is 0 Å². The van der Waals surface area contributed by atoms with Gasteiger partial charge in [-0.15, -0.1) is 0 Å². The average molecular weight is 449 g/mol. The van der Waals surface area contributed by atoms with E-state index in [0.29, 0.717) is 24.2 Å². The van der Waals surface area contributed by atoms with Crippen molar-refractivity contribution < 1.29 is 14.0 Å². The Morgan fingerprint density at radius 3 is 2.50 bits per heavy atom. The number of anilines is 1. The van der Waals surface area contributed by atoms with E-state index in [-0.39, 0.29) is 23.5 Å². The van der Waals surface area contributed by atoms with Crippen molar-refractivity contribution in [2.24, 2.45) is 5.92 Å². The summed E-state index contributed by atoms with van der Waals surface area (Å²) in [4.78, 5) is 33.9. The Morgan fingerprint density at radius 1 is 1.18 bits per heavy atom. The summed E-state index contributed by atoms with van der Waals surface area (Å²) >= 11 is 3.19. The maximum Gasteiger partial charge on any atom is 0.287 e. The third kappa shape index (κ3) is 5.13. The smallest absolute Gasteiger partial charge is 0.287 e. The van der Waals surface area contributed by atoms with Crippen LogP contribution >= 0.6 is 15.9 Å². The van der Waals surface area contributed by atoms with Crippen molar-refractivity contribution in [3.8, 4) is 0 Å². The second kappa shape index (κ2) is 9.23. The van der Waals surface area contributed by atoms with Gasteiger partial charge in [-0.3, -0.25) is 9.59 Å². The van der Waals surface area contributed by atoms with E-state index < -0.39 is 6.04 Å². The van der Waals surface area contributed by atoms with Gasteiger partial charge in [-0.05, 0) is 52.5 Å². The fraction of sp³-hybridized carbons (Fsp3) is 0.450. The molecule has 0 aliphatic carbocycles. The summed E-state index contributed by atoms with van der Waals surface area (Å²) in [7, 11) is 0. The molecule has 1 aliphatic heterocycles. The van der Waals surface area contributed by atoms with Crippen LogP contribution in [0.15, 0.2) is 45.6 Å². The van der Waals surface area contributed by atoms with Gasteiger partial charge in [-0.25, -0.2) is 4.98 Å². The Morgan fingerprint density at radius 2 is 1.93 bits per heavy atom. The molecular formula is C20H25BrN4O3. The van der Waals surface area contributed by atoms with Gasteiger partial charge in [0.15, 0.2) is 10.4 Å². The molecule has 0 aromatic carbocycles. The lowest BCUT2D eigenvalue weighted by atomic mass is 10.0. The molecule has 2 amide bonds. The monoisotopic (exact) mass is 448 g/mol. The van der Waals surface area contributed by atoms with Gasteiger partial charge in [0.25, 0.3) is 5.91 Å². The van der Waals surface area contributed by atoms with Crippen LogP contribution in [0.25, 0.3) is 0 Å². The Kier molecular flexibility index (Phi) is 6.72. The Balaban J connectivity index is 1.62. The normalized spacial score (nSPS) is 15.6. The van der Waals surface area contributed by atoms with E-state index in [1.807, 2.05) is 36.9 Å². The van der Waals surface area contributed by atoms with Crippen molar-refractivity contribution >= 4 is 33.6 Å². The van der Waals surface area contributed by atoms with Gasteiger partial charge in [0.05, 0.1) is 0 Å². The predicted octanol–water partition coefficient (Wildman–Crippen LogP) is 2.93. The highest BCUT2D eigenvalue weighted by Crippen LogP contribution is 2.17. The lowest BCUT2D eigenvalue weighted by Crippen LogP contribution is -2.55. The summed E-state index contributed by atoms with van der Waals surface area (Å²) in [6.07, 6.45) is 2.35. The van der Waals surface area contributed by atoms with Crippen LogP contribution in [0, 0.1) is 5.92 Å². The number of hydrogen-bond acceptors (Lipinski definition) is 5. The number of halogens is 1. The van der Waals surface area contributed by atoms with Crippen molar-refractivity contribution in [3.63, 3.8) is 0 Å². The zero-order valence-electron chi connectivity index (χ0n) is 16.1. The maximum atomic E-state index is 13.1. The van der Waals surface area contributed by atoms with E-state index in [1.54, 1.807) is 18.3 Å². The van der Waals surface area contributed by atoms with E-state index in [0.717, 1.165) is 18.9 Å². The van der Waals surface area contributed by atoms with Crippen molar-refractivity contribution in [1.82, 2.24) is 15.2 Å². The molecule has 3 heterocycles. The number of furan rings is 1. The summed E-state index contributed by atoms with van der Waals surface area (Å²) in [5.74, 6) is 0.955. The molecule has 1 saturated heterocycles. The van der Waals surface area contributed by atoms with Crippen LogP contribution < -0.4 is 10.2 Å². The van der Waals surface area contributed by atoms with Gasteiger partial charge >= 0.3 is 0 Å². The molecule has 1 fully saturated rings.